The average molecular weight is 335 g/mol. The van der Waals surface area contributed by atoms with Gasteiger partial charge in [0.15, 0.2) is 0 Å². The van der Waals surface area contributed by atoms with Crippen LogP contribution in [0.4, 0.5) is 13.2 Å². The Morgan fingerprint density at radius 2 is 1.67 bits per heavy atom. The van der Waals surface area contributed by atoms with Crippen molar-refractivity contribution < 1.29 is 17.9 Å². The van der Waals surface area contributed by atoms with Gasteiger partial charge in [-0.05, 0) is 48.7 Å². The third-order valence-corrected chi connectivity index (χ3v) is 3.39. The highest BCUT2D eigenvalue weighted by atomic mass is 19.4. The van der Waals surface area contributed by atoms with E-state index in [9.17, 15) is 13.2 Å². The number of rotatable bonds is 6. The predicted molar refractivity (Wildman–Crippen MR) is 89.5 cm³/mol. The molecule has 2 N–H and O–H groups in total. The molecule has 2 nitrogen and oxygen atoms in total. The molecule has 0 aliphatic carbocycles. The number of halogens is 3. The predicted octanol–water partition coefficient (Wildman–Crippen LogP) is 5.03. The van der Waals surface area contributed by atoms with Crippen molar-refractivity contribution >= 4 is 6.08 Å². The molecule has 24 heavy (non-hydrogen) atoms. The Morgan fingerprint density at radius 3 is 2.21 bits per heavy atom. The average Bonchev–Trinajstić information content (AvgIpc) is 2.53. The van der Waals surface area contributed by atoms with Gasteiger partial charge in [0.25, 0.3) is 0 Å². The molecule has 0 bridgehead atoms. The third kappa shape index (κ3) is 5.74. The first kappa shape index (κ1) is 18.1. The second-order valence-corrected chi connectivity index (χ2v) is 5.67. The molecule has 0 fully saturated rings. The molecule has 0 saturated carbocycles. The van der Waals surface area contributed by atoms with Gasteiger partial charge in [-0.3, -0.25) is 0 Å². The van der Waals surface area contributed by atoms with Gasteiger partial charge in [0.1, 0.15) is 12.4 Å². The summed E-state index contributed by atoms with van der Waals surface area (Å²) in [6.45, 7) is 2.17. The van der Waals surface area contributed by atoms with Crippen LogP contribution in [-0.4, -0.2) is 6.04 Å². The largest absolute Gasteiger partial charge is 0.489 e. The van der Waals surface area contributed by atoms with Crippen LogP contribution in [0.15, 0.2) is 54.6 Å². The van der Waals surface area contributed by atoms with Gasteiger partial charge in [0.2, 0.25) is 0 Å². The topological polar surface area (TPSA) is 35.2 Å². The Hall–Kier alpha value is -2.27. The van der Waals surface area contributed by atoms with E-state index in [1.165, 1.54) is 12.1 Å². The lowest BCUT2D eigenvalue weighted by molar-refractivity contribution is -0.137. The van der Waals surface area contributed by atoms with Crippen molar-refractivity contribution in [1.29, 1.82) is 0 Å². The second-order valence-electron chi connectivity index (χ2n) is 5.67. The van der Waals surface area contributed by atoms with Crippen LogP contribution in [0.5, 0.6) is 5.75 Å². The summed E-state index contributed by atoms with van der Waals surface area (Å²) in [6.07, 6.45) is 0.502. The molecule has 0 heterocycles. The standard InChI is InChI=1S/C19H20F3NO/c1-14(23)3-2-4-15-7-11-18(12-8-15)24-13-16-5-9-17(10-6-16)19(20,21)22/h2,4-12,14H,3,13,23H2,1H3. The van der Waals surface area contributed by atoms with Gasteiger partial charge in [-0.25, -0.2) is 0 Å². The van der Waals surface area contributed by atoms with Crippen LogP contribution in [0.25, 0.3) is 6.08 Å². The molecular formula is C19H20F3NO. The van der Waals surface area contributed by atoms with Crippen LogP contribution in [0.3, 0.4) is 0 Å². The number of benzene rings is 2. The van der Waals surface area contributed by atoms with E-state index in [-0.39, 0.29) is 12.6 Å². The van der Waals surface area contributed by atoms with Crippen molar-refractivity contribution in [2.45, 2.75) is 32.2 Å². The first-order valence-electron chi connectivity index (χ1n) is 7.66. The quantitative estimate of drug-likeness (QED) is 0.803. The summed E-state index contributed by atoms with van der Waals surface area (Å²) < 4.78 is 43.1. The van der Waals surface area contributed by atoms with Gasteiger partial charge < -0.3 is 10.5 Å². The number of alkyl halides is 3. The fraction of sp³-hybridized carbons (Fsp3) is 0.263. The smallest absolute Gasteiger partial charge is 0.416 e. The molecule has 0 spiro atoms. The van der Waals surface area contributed by atoms with Crippen molar-refractivity contribution in [3.8, 4) is 5.75 Å². The Bertz CT molecular complexity index is 659. The highest BCUT2D eigenvalue weighted by Crippen LogP contribution is 2.29. The summed E-state index contributed by atoms with van der Waals surface area (Å²) in [4.78, 5) is 0. The molecule has 0 saturated heterocycles. The zero-order valence-electron chi connectivity index (χ0n) is 13.4. The summed E-state index contributed by atoms with van der Waals surface area (Å²) in [5, 5.41) is 0. The highest BCUT2D eigenvalue weighted by Gasteiger charge is 2.29. The molecule has 1 atom stereocenters. The molecule has 1 unspecified atom stereocenters. The minimum atomic E-state index is -4.32. The summed E-state index contributed by atoms with van der Waals surface area (Å²) in [7, 11) is 0. The van der Waals surface area contributed by atoms with Crippen LogP contribution >= 0.6 is 0 Å². The highest BCUT2D eigenvalue weighted by molar-refractivity contribution is 5.50. The third-order valence-electron chi connectivity index (χ3n) is 3.39. The number of ether oxygens (including phenoxy) is 1. The molecule has 2 aromatic rings. The zero-order valence-corrected chi connectivity index (χ0v) is 13.4. The van der Waals surface area contributed by atoms with Gasteiger partial charge in [-0.15, -0.1) is 0 Å². The van der Waals surface area contributed by atoms with Gasteiger partial charge >= 0.3 is 6.18 Å². The molecular weight excluding hydrogens is 315 g/mol. The lowest BCUT2D eigenvalue weighted by Gasteiger charge is -2.09. The molecule has 0 radical (unpaired) electrons. The number of hydrogen-bond acceptors (Lipinski definition) is 2. The van der Waals surface area contributed by atoms with E-state index in [0.29, 0.717) is 11.3 Å². The maximum Gasteiger partial charge on any atom is 0.416 e. The van der Waals surface area contributed by atoms with Crippen molar-refractivity contribution in [2.75, 3.05) is 0 Å². The van der Waals surface area contributed by atoms with Crippen LogP contribution in [-0.2, 0) is 12.8 Å². The summed E-state index contributed by atoms with van der Waals surface area (Å²) in [5.41, 5.74) is 6.74. The maximum absolute atomic E-state index is 12.5. The van der Waals surface area contributed by atoms with Crippen LogP contribution in [0.2, 0.25) is 0 Å². The van der Waals surface area contributed by atoms with Crippen molar-refractivity contribution in [2.24, 2.45) is 5.73 Å². The van der Waals surface area contributed by atoms with Gasteiger partial charge in [0, 0.05) is 6.04 Å². The molecule has 0 amide bonds. The lowest BCUT2D eigenvalue weighted by Crippen LogP contribution is -2.12. The number of hydrogen-bond donors (Lipinski definition) is 1. The van der Waals surface area contributed by atoms with Crippen molar-refractivity contribution in [1.82, 2.24) is 0 Å². The van der Waals surface area contributed by atoms with Crippen molar-refractivity contribution in [3.63, 3.8) is 0 Å². The Labute approximate surface area is 139 Å². The van der Waals surface area contributed by atoms with E-state index in [1.54, 1.807) is 0 Å². The zero-order chi connectivity index (χ0) is 17.6. The van der Waals surface area contributed by atoms with E-state index in [0.717, 1.165) is 24.1 Å². The molecule has 0 aromatic heterocycles. The minimum absolute atomic E-state index is 0.132. The van der Waals surface area contributed by atoms with Crippen LogP contribution < -0.4 is 10.5 Å². The maximum atomic E-state index is 12.5. The van der Waals surface area contributed by atoms with E-state index >= 15 is 0 Å². The van der Waals surface area contributed by atoms with E-state index in [4.69, 9.17) is 10.5 Å². The van der Waals surface area contributed by atoms with E-state index in [1.807, 2.05) is 43.3 Å². The summed E-state index contributed by atoms with van der Waals surface area (Å²) in [6, 6.07) is 12.6. The van der Waals surface area contributed by atoms with Gasteiger partial charge in [0.05, 0.1) is 5.56 Å². The van der Waals surface area contributed by atoms with Crippen molar-refractivity contribution in [3.05, 3.63) is 71.3 Å². The van der Waals surface area contributed by atoms with Gasteiger partial charge in [-0.2, -0.15) is 13.2 Å². The fourth-order valence-corrected chi connectivity index (χ4v) is 2.05. The van der Waals surface area contributed by atoms with Crippen LogP contribution in [0.1, 0.15) is 30.0 Å². The molecule has 2 rings (SSSR count). The Balaban J connectivity index is 1.89. The normalized spacial score (nSPS) is 13.2. The first-order valence-corrected chi connectivity index (χ1v) is 7.66. The van der Waals surface area contributed by atoms with E-state index < -0.39 is 11.7 Å². The molecule has 128 valence electrons. The SMILES string of the molecule is CC(N)CC=Cc1ccc(OCc2ccc(C(F)(F)F)cc2)cc1. The summed E-state index contributed by atoms with van der Waals surface area (Å²) in [5.74, 6) is 0.666. The Morgan fingerprint density at radius 1 is 1.04 bits per heavy atom. The summed E-state index contributed by atoms with van der Waals surface area (Å²) >= 11 is 0. The molecule has 0 aliphatic rings. The molecule has 5 heteroatoms. The molecule has 2 aromatic carbocycles. The molecule has 0 aliphatic heterocycles. The second kappa shape index (κ2) is 8.02. The van der Waals surface area contributed by atoms with E-state index in [2.05, 4.69) is 0 Å². The first-order chi connectivity index (χ1) is 11.3. The minimum Gasteiger partial charge on any atom is -0.489 e. The monoisotopic (exact) mass is 335 g/mol. The Kier molecular flexibility index (Phi) is 6.04. The van der Waals surface area contributed by atoms with Crippen LogP contribution in [0, 0.1) is 0 Å². The van der Waals surface area contributed by atoms with Gasteiger partial charge in [-0.1, -0.05) is 36.4 Å². The number of nitrogens with two attached hydrogens (primary N) is 1. The fourth-order valence-electron chi connectivity index (χ4n) is 2.05. The lowest BCUT2D eigenvalue weighted by atomic mass is 10.1.